The van der Waals surface area contributed by atoms with Crippen LogP contribution in [0.1, 0.15) is 19.8 Å². The van der Waals surface area contributed by atoms with Crippen LogP contribution in [0.4, 0.5) is 5.69 Å². The molecule has 2 N–H and O–H groups in total. The third-order valence-electron chi connectivity index (χ3n) is 3.13. The molecule has 2 unspecified atom stereocenters. The number of hydrogen-bond acceptors (Lipinski definition) is 4. The van der Waals surface area contributed by atoms with Gasteiger partial charge in [-0.25, -0.2) is 4.79 Å². The average molecular weight is 345 g/mol. The number of nitrogens with one attached hydrogen (secondary N) is 2. The number of anilines is 1. The van der Waals surface area contributed by atoms with Crippen molar-refractivity contribution in [2.75, 3.05) is 5.32 Å². The van der Waals surface area contributed by atoms with Crippen molar-refractivity contribution in [3.05, 3.63) is 28.2 Å². The van der Waals surface area contributed by atoms with E-state index in [4.69, 9.17) is 27.9 Å². The van der Waals surface area contributed by atoms with Gasteiger partial charge in [0, 0.05) is 11.4 Å². The number of ether oxygens (including phenoxy) is 1. The zero-order valence-electron chi connectivity index (χ0n) is 11.7. The van der Waals surface area contributed by atoms with Crippen molar-refractivity contribution in [3.8, 4) is 0 Å². The molecule has 1 aliphatic rings. The number of benzene rings is 1. The molecule has 0 spiro atoms. The molecule has 2 rings (SSSR count). The monoisotopic (exact) mass is 344 g/mol. The van der Waals surface area contributed by atoms with Gasteiger partial charge in [0.2, 0.25) is 5.91 Å². The second-order valence-electron chi connectivity index (χ2n) is 4.85. The lowest BCUT2D eigenvalue weighted by molar-refractivity contribution is -0.155. The summed E-state index contributed by atoms with van der Waals surface area (Å²) in [6.07, 6.45) is -0.368. The van der Waals surface area contributed by atoms with Gasteiger partial charge in [-0.3, -0.25) is 9.59 Å². The van der Waals surface area contributed by atoms with Crippen LogP contribution in [0.2, 0.25) is 10.0 Å². The van der Waals surface area contributed by atoms with Crippen LogP contribution in [-0.2, 0) is 19.1 Å². The standard InChI is InChI=1S/C14H14Cl2N2O4/c1-7(22-14(21)11-4-5-12(19)17-11)13(20)18-10-3-2-8(15)6-9(10)16/h2-3,6-7,11H,4-5H2,1H3,(H,17,19)(H,18,20). The molecule has 1 heterocycles. The first-order valence-corrected chi connectivity index (χ1v) is 7.38. The minimum Gasteiger partial charge on any atom is -0.451 e. The molecule has 6 nitrogen and oxygen atoms in total. The molecule has 118 valence electrons. The maximum absolute atomic E-state index is 12.0. The van der Waals surface area contributed by atoms with Crippen molar-refractivity contribution >= 4 is 46.7 Å². The Bertz CT molecular complexity index is 621. The topological polar surface area (TPSA) is 84.5 Å². The Morgan fingerprint density at radius 1 is 1.41 bits per heavy atom. The van der Waals surface area contributed by atoms with E-state index in [2.05, 4.69) is 10.6 Å². The maximum Gasteiger partial charge on any atom is 0.329 e. The van der Waals surface area contributed by atoms with Gasteiger partial charge in [0.15, 0.2) is 6.10 Å². The number of amides is 2. The van der Waals surface area contributed by atoms with Crippen molar-refractivity contribution in [3.63, 3.8) is 0 Å². The van der Waals surface area contributed by atoms with Crippen molar-refractivity contribution in [2.45, 2.75) is 31.9 Å². The Hall–Kier alpha value is -1.79. The highest BCUT2D eigenvalue weighted by molar-refractivity contribution is 6.36. The summed E-state index contributed by atoms with van der Waals surface area (Å²) in [5.41, 5.74) is 0.369. The van der Waals surface area contributed by atoms with Gasteiger partial charge in [-0.15, -0.1) is 0 Å². The van der Waals surface area contributed by atoms with Gasteiger partial charge in [-0.1, -0.05) is 23.2 Å². The molecule has 0 radical (unpaired) electrons. The molecule has 1 fully saturated rings. The normalized spacial score (nSPS) is 18.5. The Labute approximate surface area is 137 Å². The summed E-state index contributed by atoms with van der Waals surface area (Å²) >= 11 is 11.7. The van der Waals surface area contributed by atoms with Crippen molar-refractivity contribution in [1.82, 2.24) is 5.32 Å². The first-order chi connectivity index (χ1) is 10.4. The van der Waals surface area contributed by atoms with E-state index in [0.29, 0.717) is 17.1 Å². The number of carbonyl (C=O) groups excluding carboxylic acids is 3. The van der Waals surface area contributed by atoms with E-state index in [-0.39, 0.29) is 17.4 Å². The summed E-state index contributed by atoms with van der Waals surface area (Å²) in [5.74, 6) is -1.36. The molecule has 0 aromatic heterocycles. The smallest absolute Gasteiger partial charge is 0.329 e. The van der Waals surface area contributed by atoms with Crippen LogP contribution in [-0.4, -0.2) is 29.9 Å². The summed E-state index contributed by atoms with van der Waals surface area (Å²) in [4.78, 5) is 34.9. The van der Waals surface area contributed by atoms with Crippen LogP contribution < -0.4 is 10.6 Å². The zero-order valence-corrected chi connectivity index (χ0v) is 13.2. The third-order valence-corrected chi connectivity index (χ3v) is 3.68. The zero-order chi connectivity index (χ0) is 16.3. The molecule has 1 saturated heterocycles. The highest BCUT2D eigenvalue weighted by Crippen LogP contribution is 2.25. The lowest BCUT2D eigenvalue weighted by Crippen LogP contribution is -2.39. The van der Waals surface area contributed by atoms with E-state index < -0.39 is 24.0 Å². The van der Waals surface area contributed by atoms with Gasteiger partial charge in [-0.2, -0.15) is 0 Å². The minimum absolute atomic E-state index is 0.202. The van der Waals surface area contributed by atoms with Crippen LogP contribution >= 0.6 is 23.2 Å². The molecule has 2 atom stereocenters. The Kier molecular flexibility index (Phi) is 5.26. The fraction of sp³-hybridized carbons (Fsp3) is 0.357. The Morgan fingerprint density at radius 2 is 2.14 bits per heavy atom. The highest BCUT2D eigenvalue weighted by atomic mass is 35.5. The fourth-order valence-corrected chi connectivity index (χ4v) is 2.38. The molecule has 1 aliphatic heterocycles. The van der Waals surface area contributed by atoms with E-state index in [0.717, 1.165) is 0 Å². The maximum atomic E-state index is 12.0. The number of hydrogen-bond donors (Lipinski definition) is 2. The summed E-state index contributed by atoms with van der Waals surface area (Å²) in [5, 5.41) is 5.75. The molecular formula is C14H14Cl2N2O4. The van der Waals surface area contributed by atoms with Crippen molar-refractivity contribution < 1.29 is 19.1 Å². The first-order valence-electron chi connectivity index (χ1n) is 6.62. The van der Waals surface area contributed by atoms with E-state index in [1.807, 2.05) is 0 Å². The molecule has 0 bridgehead atoms. The van der Waals surface area contributed by atoms with Crippen LogP contribution in [0.15, 0.2) is 18.2 Å². The second-order valence-corrected chi connectivity index (χ2v) is 5.69. The van der Waals surface area contributed by atoms with Gasteiger partial charge >= 0.3 is 5.97 Å². The van der Waals surface area contributed by atoms with Crippen LogP contribution in [0.5, 0.6) is 0 Å². The predicted molar refractivity (Wildman–Crippen MR) is 81.8 cm³/mol. The molecule has 1 aromatic carbocycles. The minimum atomic E-state index is -1.02. The van der Waals surface area contributed by atoms with Crippen LogP contribution in [0.3, 0.4) is 0 Å². The molecule has 2 amide bonds. The lowest BCUT2D eigenvalue weighted by atomic mass is 10.2. The predicted octanol–water partition coefficient (Wildman–Crippen LogP) is 2.14. The molecule has 0 aliphatic carbocycles. The van der Waals surface area contributed by atoms with Crippen LogP contribution in [0.25, 0.3) is 0 Å². The van der Waals surface area contributed by atoms with Crippen LogP contribution in [0, 0.1) is 0 Å². The summed E-state index contributed by atoms with van der Waals surface area (Å²) in [6.45, 7) is 1.44. The Morgan fingerprint density at radius 3 is 2.73 bits per heavy atom. The first kappa shape index (κ1) is 16.6. The van der Waals surface area contributed by atoms with Crippen molar-refractivity contribution in [2.24, 2.45) is 0 Å². The molecular weight excluding hydrogens is 331 g/mol. The van der Waals surface area contributed by atoms with Gasteiger partial charge in [0.1, 0.15) is 6.04 Å². The number of esters is 1. The molecule has 8 heteroatoms. The van der Waals surface area contributed by atoms with Gasteiger partial charge in [-0.05, 0) is 31.5 Å². The van der Waals surface area contributed by atoms with Gasteiger partial charge < -0.3 is 15.4 Å². The third kappa shape index (κ3) is 4.11. The summed E-state index contributed by atoms with van der Waals surface area (Å²) < 4.78 is 5.05. The molecule has 0 saturated carbocycles. The van der Waals surface area contributed by atoms with E-state index in [1.165, 1.54) is 13.0 Å². The lowest BCUT2D eigenvalue weighted by Gasteiger charge is -2.16. The van der Waals surface area contributed by atoms with Gasteiger partial charge in [0.05, 0.1) is 10.7 Å². The second kappa shape index (κ2) is 6.98. The fourth-order valence-electron chi connectivity index (χ4n) is 1.93. The van der Waals surface area contributed by atoms with Gasteiger partial charge in [0.25, 0.3) is 5.91 Å². The largest absolute Gasteiger partial charge is 0.451 e. The number of halogens is 2. The quantitative estimate of drug-likeness (QED) is 0.819. The number of rotatable bonds is 4. The molecule has 22 heavy (non-hydrogen) atoms. The molecule has 1 aromatic rings. The summed E-state index contributed by atoms with van der Waals surface area (Å²) in [7, 11) is 0. The van der Waals surface area contributed by atoms with E-state index in [9.17, 15) is 14.4 Å². The average Bonchev–Trinajstić information content (AvgIpc) is 2.88. The van der Waals surface area contributed by atoms with E-state index >= 15 is 0 Å². The number of carbonyl (C=O) groups is 3. The summed E-state index contributed by atoms with van der Waals surface area (Å²) in [6, 6.07) is 3.92. The van der Waals surface area contributed by atoms with Crippen molar-refractivity contribution in [1.29, 1.82) is 0 Å². The van der Waals surface area contributed by atoms with E-state index in [1.54, 1.807) is 12.1 Å². The highest BCUT2D eigenvalue weighted by Gasteiger charge is 2.30. The Balaban J connectivity index is 1.91. The SMILES string of the molecule is CC(OC(=O)C1CCC(=O)N1)C(=O)Nc1ccc(Cl)cc1Cl.